The fraction of sp³-hybridized carbons (Fsp3) is 0.273. The summed E-state index contributed by atoms with van der Waals surface area (Å²) >= 11 is 0. The van der Waals surface area contributed by atoms with Crippen molar-refractivity contribution in [1.82, 2.24) is 0 Å². The lowest BCUT2D eigenvalue weighted by Gasteiger charge is -2.06. The molecule has 0 radical (unpaired) electrons. The lowest BCUT2D eigenvalue weighted by atomic mass is 10.1. The largest absolute Gasteiger partial charge is 0.478 e. The van der Waals surface area contributed by atoms with E-state index in [1.54, 1.807) is 6.92 Å². The van der Waals surface area contributed by atoms with Gasteiger partial charge in [0.2, 0.25) is 6.79 Å². The van der Waals surface area contributed by atoms with Crippen molar-refractivity contribution < 1.29 is 28.9 Å². The molecule has 6 heteroatoms. The van der Waals surface area contributed by atoms with Crippen LogP contribution in [0.15, 0.2) is 12.1 Å². The van der Waals surface area contributed by atoms with E-state index in [1.165, 1.54) is 12.1 Å². The SMILES string of the molecule is CCOC(=O)c1cc2c(cc1C(=O)O)OCO2. The molecule has 1 heterocycles. The van der Waals surface area contributed by atoms with Gasteiger partial charge in [0, 0.05) is 0 Å². The number of carboxylic acid groups (broad SMARTS) is 1. The van der Waals surface area contributed by atoms with E-state index >= 15 is 0 Å². The number of ether oxygens (including phenoxy) is 3. The number of carbonyl (C=O) groups is 2. The van der Waals surface area contributed by atoms with E-state index in [0.717, 1.165) is 0 Å². The Morgan fingerprint density at radius 2 is 1.88 bits per heavy atom. The van der Waals surface area contributed by atoms with Crippen molar-refractivity contribution in [1.29, 1.82) is 0 Å². The number of benzene rings is 1. The van der Waals surface area contributed by atoms with Gasteiger partial charge in [-0.3, -0.25) is 0 Å². The first-order valence-corrected chi connectivity index (χ1v) is 4.97. The van der Waals surface area contributed by atoms with Gasteiger partial charge in [0.25, 0.3) is 0 Å². The van der Waals surface area contributed by atoms with E-state index in [2.05, 4.69) is 0 Å². The Morgan fingerprint density at radius 3 is 2.41 bits per heavy atom. The highest BCUT2D eigenvalue weighted by Crippen LogP contribution is 2.35. The van der Waals surface area contributed by atoms with Crippen molar-refractivity contribution in [3.05, 3.63) is 23.3 Å². The minimum Gasteiger partial charge on any atom is -0.478 e. The van der Waals surface area contributed by atoms with Gasteiger partial charge >= 0.3 is 11.9 Å². The zero-order valence-corrected chi connectivity index (χ0v) is 9.06. The molecule has 0 aromatic heterocycles. The fourth-order valence-corrected chi connectivity index (χ4v) is 1.50. The van der Waals surface area contributed by atoms with Gasteiger partial charge in [0.15, 0.2) is 11.5 Å². The maximum atomic E-state index is 11.6. The molecule has 0 fully saturated rings. The van der Waals surface area contributed by atoms with Crippen LogP contribution in [0, 0.1) is 0 Å². The third-order valence-corrected chi connectivity index (χ3v) is 2.24. The molecule has 0 amide bonds. The van der Waals surface area contributed by atoms with Crippen LogP contribution in [0.5, 0.6) is 11.5 Å². The monoisotopic (exact) mass is 238 g/mol. The molecule has 1 N–H and O–H groups in total. The van der Waals surface area contributed by atoms with Crippen LogP contribution in [-0.4, -0.2) is 30.4 Å². The van der Waals surface area contributed by atoms with Crippen LogP contribution >= 0.6 is 0 Å². The summed E-state index contributed by atoms with van der Waals surface area (Å²) in [6.07, 6.45) is 0. The molecule has 0 bridgehead atoms. The topological polar surface area (TPSA) is 82.1 Å². The van der Waals surface area contributed by atoms with Crippen LogP contribution < -0.4 is 9.47 Å². The predicted octanol–water partition coefficient (Wildman–Crippen LogP) is 1.29. The number of rotatable bonds is 3. The Labute approximate surface area is 96.7 Å². The highest BCUT2D eigenvalue weighted by atomic mass is 16.7. The Balaban J connectivity index is 2.48. The number of hydrogen-bond donors (Lipinski definition) is 1. The molecular weight excluding hydrogens is 228 g/mol. The Kier molecular flexibility index (Phi) is 2.86. The smallest absolute Gasteiger partial charge is 0.339 e. The minimum absolute atomic E-state index is 0.0146. The van der Waals surface area contributed by atoms with Crippen molar-refractivity contribution in [2.24, 2.45) is 0 Å². The zero-order valence-electron chi connectivity index (χ0n) is 9.06. The summed E-state index contributed by atoms with van der Waals surface area (Å²) in [6, 6.07) is 2.58. The van der Waals surface area contributed by atoms with E-state index in [1.807, 2.05) is 0 Å². The molecule has 0 unspecified atom stereocenters. The number of aromatic carboxylic acids is 1. The Bertz CT molecular complexity index is 479. The molecule has 1 aromatic rings. The van der Waals surface area contributed by atoms with Gasteiger partial charge < -0.3 is 19.3 Å². The molecule has 0 saturated carbocycles. The standard InChI is InChI=1S/C11H10O6/c1-2-15-11(14)7-4-9-8(16-5-17-9)3-6(7)10(12)13/h3-4H,2,5H2,1H3,(H,12,13). The average molecular weight is 238 g/mol. The summed E-state index contributed by atoms with van der Waals surface area (Å²) < 4.78 is 14.9. The number of esters is 1. The van der Waals surface area contributed by atoms with Crippen LogP contribution in [0.2, 0.25) is 0 Å². The molecule has 0 spiro atoms. The number of carbonyl (C=O) groups excluding carboxylic acids is 1. The molecule has 2 rings (SSSR count). The molecule has 1 aliphatic heterocycles. The van der Waals surface area contributed by atoms with E-state index < -0.39 is 11.9 Å². The van der Waals surface area contributed by atoms with Gasteiger partial charge in [-0.1, -0.05) is 0 Å². The summed E-state index contributed by atoms with van der Waals surface area (Å²) in [4.78, 5) is 22.6. The lowest BCUT2D eigenvalue weighted by molar-refractivity contribution is 0.0514. The van der Waals surface area contributed by atoms with Gasteiger partial charge in [0.05, 0.1) is 17.7 Å². The van der Waals surface area contributed by atoms with Crippen LogP contribution in [0.25, 0.3) is 0 Å². The number of fused-ring (bicyclic) bond motifs is 1. The second-order valence-electron chi connectivity index (χ2n) is 3.28. The van der Waals surface area contributed by atoms with Crippen LogP contribution in [0.3, 0.4) is 0 Å². The summed E-state index contributed by atoms with van der Waals surface area (Å²) in [5.41, 5.74) is -0.198. The van der Waals surface area contributed by atoms with Crippen LogP contribution in [0.1, 0.15) is 27.6 Å². The lowest BCUT2D eigenvalue weighted by Crippen LogP contribution is -2.11. The summed E-state index contributed by atoms with van der Waals surface area (Å²) in [5, 5.41) is 9.01. The quantitative estimate of drug-likeness (QED) is 0.799. The van der Waals surface area contributed by atoms with Gasteiger partial charge in [0.1, 0.15) is 0 Å². The van der Waals surface area contributed by atoms with Crippen LogP contribution in [-0.2, 0) is 4.74 Å². The van der Waals surface area contributed by atoms with Gasteiger partial charge in [-0.15, -0.1) is 0 Å². The molecule has 0 aliphatic carbocycles. The molecular formula is C11H10O6. The molecule has 17 heavy (non-hydrogen) atoms. The Hall–Kier alpha value is -2.24. The average Bonchev–Trinajstić information content (AvgIpc) is 2.74. The first-order chi connectivity index (χ1) is 8.13. The third-order valence-electron chi connectivity index (χ3n) is 2.24. The summed E-state index contributed by atoms with van der Waals surface area (Å²) in [6.45, 7) is 1.83. The van der Waals surface area contributed by atoms with Crippen molar-refractivity contribution in [3.8, 4) is 11.5 Å². The fourth-order valence-electron chi connectivity index (χ4n) is 1.50. The number of hydrogen-bond acceptors (Lipinski definition) is 5. The molecule has 1 aromatic carbocycles. The second kappa shape index (κ2) is 4.32. The Morgan fingerprint density at radius 1 is 1.29 bits per heavy atom. The maximum absolute atomic E-state index is 11.6. The van der Waals surface area contributed by atoms with Gasteiger partial charge in [-0.2, -0.15) is 0 Å². The predicted molar refractivity (Wildman–Crippen MR) is 55.5 cm³/mol. The highest BCUT2D eigenvalue weighted by Gasteiger charge is 2.24. The maximum Gasteiger partial charge on any atom is 0.339 e. The first-order valence-electron chi connectivity index (χ1n) is 4.97. The van der Waals surface area contributed by atoms with E-state index in [0.29, 0.717) is 11.5 Å². The molecule has 0 saturated heterocycles. The van der Waals surface area contributed by atoms with Gasteiger partial charge in [-0.25, -0.2) is 9.59 Å². The molecule has 90 valence electrons. The third kappa shape index (κ3) is 2.01. The summed E-state index contributed by atoms with van der Waals surface area (Å²) in [5.74, 6) is -1.25. The first kappa shape index (κ1) is 11.3. The second-order valence-corrected chi connectivity index (χ2v) is 3.28. The van der Waals surface area contributed by atoms with E-state index in [9.17, 15) is 9.59 Å². The molecule has 1 aliphatic rings. The molecule has 0 atom stereocenters. The van der Waals surface area contributed by atoms with Crippen molar-refractivity contribution in [2.75, 3.05) is 13.4 Å². The van der Waals surface area contributed by atoms with Crippen molar-refractivity contribution in [3.63, 3.8) is 0 Å². The van der Waals surface area contributed by atoms with Crippen molar-refractivity contribution >= 4 is 11.9 Å². The van der Waals surface area contributed by atoms with Gasteiger partial charge in [-0.05, 0) is 19.1 Å². The number of carboxylic acids is 1. The van der Waals surface area contributed by atoms with Crippen LogP contribution in [0.4, 0.5) is 0 Å². The molecule has 6 nitrogen and oxygen atoms in total. The zero-order chi connectivity index (χ0) is 12.4. The highest BCUT2D eigenvalue weighted by molar-refractivity contribution is 6.03. The van der Waals surface area contributed by atoms with Crippen molar-refractivity contribution in [2.45, 2.75) is 6.92 Å². The van der Waals surface area contributed by atoms with E-state index in [-0.39, 0.29) is 24.5 Å². The van der Waals surface area contributed by atoms with E-state index in [4.69, 9.17) is 19.3 Å². The minimum atomic E-state index is -1.22. The summed E-state index contributed by atoms with van der Waals surface area (Å²) in [7, 11) is 0. The normalized spacial score (nSPS) is 12.3.